The molecular weight excluding hydrogens is 302 g/mol. The summed E-state index contributed by atoms with van der Waals surface area (Å²) >= 11 is 0. The Hall–Kier alpha value is -2.62. The van der Waals surface area contributed by atoms with E-state index in [0.29, 0.717) is 17.7 Å². The van der Waals surface area contributed by atoms with E-state index in [2.05, 4.69) is 26.1 Å². The summed E-state index contributed by atoms with van der Waals surface area (Å²) in [6.07, 6.45) is -0.400. The van der Waals surface area contributed by atoms with E-state index in [9.17, 15) is 9.59 Å². The lowest BCUT2D eigenvalue weighted by Gasteiger charge is -2.24. The molecule has 1 N–H and O–H groups in total. The molecule has 0 saturated carbocycles. The molecule has 0 aliphatic carbocycles. The average molecular weight is 323 g/mol. The fourth-order valence-electron chi connectivity index (χ4n) is 2.75. The maximum Gasteiger partial charge on any atom is 0.339 e. The van der Waals surface area contributed by atoms with Gasteiger partial charge in [-0.1, -0.05) is 51.1 Å². The van der Waals surface area contributed by atoms with Crippen LogP contribution in [0.4, 0.5) is 5.69 Å². The second-order valence-electron chi connectivity index (χ2n) is 7.07. The van der Waals surface area contributed by atoms with Gasteiger partial charge in [0.1, 0.15) is 0 Å². The molecule has 0 unspecified atom stereocenters. The first-order chi connectivity index (χ1) is 11.3. The van der Waals surface area contributed by atoms with Crippen molar-refractivity contribution >= 4 is 17.6 Å². The van der Waals surface area contributed by atoms with Crippen LogP contribution in [0.5, 0.6) is 0 Å². The molecule has 0 radical (unpaired) electrons. The summed E-state index contributed by atoms with van der Waals surface area (Å²) in [5.41, 5.74) is 3.33. The SMILES string of the molecule is CC(C)(C)c1ccc(NC(=O)[C@@H]2Cc3ccccc3C(=O)O2)cc1. The Kier molecular flexibility index (Phi) is 4.14. The highest BCUT2D eigenvalue weighted by atomic mass is 16.5. The molecule has 1 heterocycles. The molecule has 124 valence electrons. The van der Waals surface area contributed by atoms with E-state index in [1.54, 1.807) is 12.1 Å². The molecule has 1 amide bonds. The number of amides is 1. The summed E-state index contributed by atoms with van der Waals surface area (Å²) in [5, 5.41) is 2.83. The Bertz CT molecular complexity index is 772. The predicted octanol–water partition coefficient (Wildman–Crippen LogP) is 3.70. The van der Waals surface area contributed by atoms with Crippen molar-refractivity contribution in [3.05, 3.63) is 65.2 Å². The number of ether oxygens (including phenoxy) is 1. The molecule has 0 bridgehead atoms. The van der Waals surface area contributed by atoms with E-state index in [4.69, 9.17) is 4.74 Å². The van der Waals surface area contributed by atoms with E-state index in [1.165, 1.54) is 5.56 Å². The number of cyclic esters (lactones) is 1. The minimum Gasteiger partial charge on any atom is -0.448 e. The van der Waals surface area contributed by atoms with Crippen molar-refractivity contribution in [2.45, 2.75) is 38.7 Å². The van der Waals surface area contributed by atoms with Crippen molar-refractivity contribution in [3.63, 3.8) is 0 Å². The molecule has 3 rings (SSSR count). The van der Waals surface area contributed by atoms with E-state index in [0.717, 1.165) is 5.56 Å². The van der Waals surface area contributed by atoms with Crippen molar-refractivity contribution in [1.29, 1.82) is 0 Å². The van der Waals surface area contributed by atoms with Gasteiger partial charge in [-0.2, -0.15) is 0 Å². The van der Waals surface area contributed by atoms with Crippen LogP contribution >= 0.6 is 0 Å². The van der Waals surface area contributed by atoms with Gasteiger partial charge < -0.3 is 10.1 Å². The first-order valence-electron chi connectivity index (χ1n) is 8.05. The van der Waals surface area contributed by atoms with Gasteiger partial charge in [-0.15, -0.1) is 0 Å². The van der Waals surface area contributed by atoms with Gasteiger partial charge in [-0.05, 0) is 34.7 Å². The monoisotopic (exact) mass is 323 g/mol. The van der Waals surface area contributed by atoms with Crippen molar-refractivity contribution in [2.75, 3.05) is 5.32 Å². The minimum absolute atomic E-state index is 0.0607. The smallest absolute Gasteiger partial charge is 0.339 e. The van der Waals surface area contributed by atoms with Crippen LogP contribution in [-0.2, 0) is 21.4 Å². The second-order valence-corrected chi connectivity index (χ2v) is 7.07. The minimum atomic E-state index is -0.797. The number of fused-ring (bicyclic) bond motifs is 1. The van der Waals surface area contributed by atoms with Gasteiger partial charge in [0.2, 0.25) is 0 Å². The average Bonchev–Trinajstić information content (AvgIpc) is 2.54. The fraction of sp³-hybridized carbons (Fsp3) is 0.300. The number of carbonyl (C=O) groups excluding carboxylic acids is 2. The first kappa shape index (κ1) is 16.2. The Labute approximate surface area is 141 Å². The van der Waals surface area contributed by atoms with Crippen LogP contribution in [0.15, 0.2) is 48.5 Å². The highest BCUT2D eigenvalue weighted by Gasteiger charge is 2.31. The number of carbonyl (C=O) groups is 2. The number of esters is 1. The molecule has 2 aromatic rings. The van der Waals surface area contributed by atoms with Gasteiger partial charge in [0, 0.05) is 12.1 Å². The van der Waals surface area contributed by atoms with Crippen LogP contribution in [0.3, 0.4) is 0 Å². The Morgan fingerprint density at radius 3 is 2.42 bits per heavy atom. The van der Waals surface area contributed by atoms with Crippen LogP contribution in [0.25, 0.3) is 0 Å². The van der Waals surface area contributed by atoms with Crippen LogP contribution in [0, 0.1) is 0 Å². The zero-order valence-corrected chi connectivity index (χ0v) is 14.1. The van der Waals surface area contributed by atoms with E-state index in [1.807, 2.05) is 36.4 Å². The van der Waals surface area contributed by atoms with Gasteiger partial charge in [-0.25, -0.2) is 4.79 Å². The highest BCUT2D eigenvalue weighted by Crippen LogP contribution is 2.24. The summed E-state index contributed by atoms with van der Waals surface area (Å²) in [7, 11) is 0. The predicted molar refractivity (Wildman–Crippen MR) is 93.1 cm³/mol. The number of nitrogens with one attached hydrogen (secondary N) is 1. The summed E-state index contributed by atoms with van der Waals surface area (Å²) in [6.45, 7) is 6.42. The van der Waals surface area contributed by atoms with Gasteiger partial charge in [0.05, 0.1) is 5.56 Å². The third-order valence-electron chi connectivity index (χ3n) is 4.20. The number of anilines is 1. The lowest BCUT2D eigenvalue weighted by atomic mass is 9.87. The van der Waals surface area contributed by atoms with Crippen molar-refractivity contribution in [1.82, 2.24) is 0 Å². The zero-order chi connectivity index (χ0) is 17.3. The van der Waals surface area contributed by atoms with Gasteiger partial charge in [0.25, 0.3) is 5.91 Å². The summed E-state index contributed by atoms with van der Waals surface area (Å²) in [4.78, 5) is 24.4. The van der Waals surface area contributed by atoms with Crippen molar-refractivity contribution in [2.24, 2.45) is 0 Å². The lowest BCUT2D eigenvalue weighted by Crippen LogP contribution is -2.37. The normalized spacial score (nSPS) is 17.0. The quantitative estimate of drug-likeness (QED) is 0.857. The van der Waals surface area contributed by atoms with Crippen LogP contribution in [-0.4, -0.2) is 18.0 Å². The summed E-state index contributed by atoms with van der Waals surface area (Å²) in [5.74, 6) is -0.749. The molecule has 2 aromatic carbocycles. The number of hydrogen-bond donors (Lipinski definition) is 1. The standard InChI is InChI=1S/C20H21NO3/c1-20(2,3)14-8-10-15(11-9-14)21-18(22)17-12-13-6-4-5-7-16(13)19(23)24-17/h4-11,17H,12H2,1-3H3,(H,21,22)/t17-/m0/s1. The maximum absolute atomic E-state index is 12.4. The Morgan fingerprint density at radius 1 is 1.08 bits per heavy atom. The van der Waals surface area contributed by atoms with Crippen LogP contribution < -0.4 is 5.32 Å². The Morgan fingerprint density at radius 2 is 1.75 bits per heavy atom. The molecule has 0 spiro atoms. The summed E-state index contributed by atoms with van der Waals surface area (Å²) < 4.78 is 5.27. The third-order valence-corrected chi connectivity index (χ3v) is 4.20. The zero-order valence-electron chi connectivity index (χ0n) is 14.1. The van der Waals surface area contributed by atoms with Crippen molar-refractivity contribution in [3.8, 4) is 0 Å². The van der Waals surface area contributed by atoms with Crippen molar-refractivity contribution < 1.29 is 14.3 Å². The molecule has 0 saturated heterocycles. The lowest BCUT2D eigenvalue weighted by molar-refractivity contribution is -0.125. The fourth-order valence-corrected chi connectivity index (χ4v) is 2.75. The number of benzene rings is 2. The molecule has 0 aromatic heterocycles. The summed E-state index contributed by atoms with van der Waals surface area (Å²) in [6, 6.07) is 15.0. The molecule has 4 heteroatoms. The highest BCUT2D eigenvalue weighted by molar-refractivity contribution is 6.00. The van der Waals surface area contributed by atoms with Gasteiger partial charge in [0.15, 0.2) is 6.10 Å². The van der Waals surface area contributed by atoms with E-state index >= 15 is 0 Å². The number of hydrogen-bond acceptors (Lipinski definition) is 3. The first-order valence-corrected chi connectivity index (χ1v) is 8.05. The van der Waals surface area contributed by atoms with E-state index < -0.39 is 12.1 Å². The van der Waals surface area contributed by atoms with Gasteiger partial charge >= 0.3 is 5.97 Å². The molecule has 1 atom stereocenters. The van der Waals surface area contributed by atoms with Gasteiger partial charge in [-0.3, -0.25) is 4.79 Å². The number of rotatable bonds is 2. The van der Waals surface area contributed by atoms with E-state index in [-0.39, 0.29) is 11.3 Å². The largest absolute Gasteiger partial charge is 0.448 e. The molecule has 24 heavy (non-hydrogen) atoms. The van der Waals surface area contributed by atoms with Crippen LogP contribution in [0.1, 0.15) is 42.3 Å². The molecular formula is C20H21NO3. The molecule has 1 aliphatic rings. The molecule has 1 aliphatic heterocycles. The molecule has 0 fully saturated rings. The Balaban J connectivity index is 1.71. The second kappa shape index (κ2) is 6.11. The third kappa shape index (κ3) is 3.32. The van der Waals surface area contributed by atoms with Crippen LogP contribution in [0.2, 0.25) is 0 Å². The maximum atomic E-state index is 12.4. The topological polar surface area (TPSA) is 55.4 Å². The molecule has 4 nitrogen and oxygen atoms in total.